The average molecular weight is 410 g/mol. The van der Waals surface area contributed by atoms with Crippen molar-refractivity contribution in [3.63, 3.8) is 0 Å². The summed E-state index contributed by atoms with van der Waals surface area (Å²) in [6, 6.07) is 11.8. The predicted octanol–water partition coefficient (Wildman–Crippen LogP) is 2.35. The Bertz CT molecular complexity index is 1280. The molecule has 0 atom stereocenters. The number of hydrogen-bond acceptors (Lipinski definition) is 7. The number of rotatable bonds is 6. The summed E-state index contributed by atoms with van der Waals surface area (Å²) in [4.78, 5) is 47.8. The lowest BCUT2D eigenvalue weighted by Crippen LogP contribution is -2.25. The van der Waals surface area contributed by atoms with Crippen LogP contribution in [0.4, 0.5) is 11.4 Å². The number of nitro benzene ring substituents is 1. The molecule has 3 rings (SSSR count). The predicted molar refractivity (Wildman–Crippen MR) is 107 cm³/mol. The van der Waals surface area contributed by atoms with Gasteiger partial charge in [0, 0.05) is 11.6 Å². The Labute approximate surface area is 167 Å². The zero-order valence-electron chi connectivity index (χ0n) is 15.2. The smallest absolute Gasteiger partial charge is 0.357 e. The third-order valence-corrected chi connectivity index (χ3v) is 4.18. The number of hydrogen-bond donors (Lipinski definition) is 3. The summed E-state index contributed by atoms with van der Waals surface area (Å²) >= 11 is 0. The van der Waals surface area contributed by atoms with E-state index < -0.39 is 43.9 Å². The van der Waals surface area contributed by atoms with Crippen molar-refractivity contribution in [2.75, 3.05) is 0 Å². The van der Waals surface area contributed by atoms with Gasteiger partial charge >= 0.3 is 22.6 Å². The first kappa shape index (κ1) is 20.2. The van der Waals surface area contributed by atoms with Gasteiger partial charge in [0.05, 0.1) is 9.85 Å². The quantitative estimate of drug-likeness (QED) is 0.413. The second-order valence-corrected chi connectivity index (χ2v) is 6.23. The largest absolute Gasteiger partial charge is 0.502 e. The summed E-state index contributed by atoms with van der Waals surface area (Å²) in [5.74, 6) is -0.650. The molecule has 0 radical (unpaired) electrons. The van der Waals surface area contributed by atoms with Gasteiger partial charge in [-0.15, -0.1) is 0 Å². The van der Waals surface area contributed by atoms with E-state index in [2.05, 4.69) is 4.98 Å². The normalized spacial score (nSPS) is 10.9. The molecule has 30 heavy (non-hydrogen) atoms. The van der Waals surface area contributed by atoms with E-state index in [1.165, 1.54) is 12.1 Å². The zero-order chi connectivity index (χ0) is 21.8. The first-order valence-electron chi connectivity index (χ1n) is 8.49. The van der Waals surface area contributed by atoms with E-state index >= 15 is 0 Å². The Hall–Kier alpha value is -4.54. The standard InChI is InChI=1S/C19H14N4O7/c24-17-13(6-7-14-16(23(29)30)18(25)21-19(26)20-14)9-12(10-15(17)22(27)28)8-11-4-2-1-3-5-11/h1-7,9-10,24H,8H2,(H2,20,21,25,26). The Morgan fingerprint density at radius 3 is 2.27 bits per heavy atom. The zero-order valence-corrected chi connectivity index (χ0v) is 15.2. The van der Waals surface area contributed by atoms with Crippen LogP contribution in [0.15, 0.2) is 52.1 Å². The minimum absolute atomic E-state index is 0.00874. The van der Waals surface area contributed by atoms with Crippen LogP contribution in [0.3, 0.4) is 0 Å². The number of phenols is 1. The lowest BCUT2D eigenvalue weighted by Gasteiger charge is -2.07. The summed E-state index contributed by atoms with van der Waals surface area (Å²) in [5, 5.41) is 32.7. The summed E-state index contributed by atoms with van der Waals surface area (Å²) in [6.07, 6.45) is 2.51. The van der Waals surface area contributed by atoms with Crippen LogP contribution < -0.4 is 11.2 Å². The van der Waals surface area contributed by atoms with E-state index in [1.807, 2.05) is 30.3 Å². The molecule has 11 heteroatoms. The van der Waals surface area contributed by atoms with Crippen LogP contribution in [0, 0.1) is 20.2 Å². The highest BCUT2D eigenvalue weighted by Gasteiger charge is 2.21. The van der Waals surface area contributed by atoms with Crippen molar-refractivity contribution in [2.45, 2.75) is 6.42 Å². The molecule has 0 aliphatic heterocycles. The maximum Gasteiger partial charge on any atom is 0.357 e. The molecule has 0 bridgehead atoms. The fourth-order valence-corrected chi connectivity index (χ4v) is 2.87. The van der Waals surface area contributed by atoms with Gasteiger partial charge in [-0.3, -0.25) is 30.0 Å². The summed E-state index contributed by atoms with van der Waals surface area (Å²) < 4.78 is 0. The number of nitrogens with one attached hydrogen (secondary N) is 2. The van der Waals surface area contributed by atoms with Gasteiger partial charge in [0.2, 0.25) is 5.75 Å². The van der Waals surface area contributed by atoms with Crippen LogP contribution in [0.5, 0.6) is 5.75 Å². The highest BCUT2D eigenvalue weighted by Crippen LogP contribution is 2.33. The first-order chi connectivity index (χ1) is 14.3. The van der Waals surface area contributed by atoms with E-state index in [0.29, 0.717) is 12.0 Å². The van der Waals surface area contributed by atoms with Gasteiger partial charge in [-0.1, -0.05) is 30.3 Å². The first-order valence-corrected chi connectivity index (χ1v) is 8.49. The third-order valence-electron chi connectivity index (χ3n) is 4.18. The summed E-state index contributed by atoms with van der Waals surface area (Å²) in [7, 11) is 0. The van der Waals surface area contributed by atoms with Crippen molar-refractivity contribution in [1.29, 1.82) is 0 Å². The van der Waals surface area contributed by atoms with Crippen LogP contribution in [-0.2, 0) is 6.42 Å². The van der Waals surface area contributed by atoms with Crippen LogP contribution in [0.2, 0.25) is 0 Å². The van der Waals surface area contributed by atoms with Crippen LogP contribution >= 0.6 is 0 Å². The fraction of sp³-hybridized carbons (Fsp3) is 0.0526. The molecule has 3 N–H and O–H groups in total. The molecule has 0 aliphatic rings. The number of H-pyrrole nitrogens is 2. The maximum atomic E-state index is 11.7. The van der Waals surface area contributed by atoms with Crippen molar-refractivity contribution in [2.24, 2.45) is 0 Å². The van der Waals surface area contributed by atoms with E-state index in [4.69, 9.17) is 0 Å². The van der Waals surface area contributed by atoms with Gasteiger partial charge in [0.15, 0.2) is 0 Å². The van der Waals surface area contributed by atoms with Crippen LogP contribution in [-0.4, -0.2) is 24.9 Å². The maximum absolute atomic E-state index is 11.7. The lowest BCUT2D eigenvalue weighted by molar-refractivity contribution is -0.386. The molecule has 3 aromatic rings. The SMILES string of the molecule is O=c1[nH]c(C=Cc2cc(Cc3ccccc3)cc([N+](=O)[O-])c2O)c([N+](=O)[O-])c(=O)[nH]1. The number of benzene rings is 2. The molecular formula is C19H14N4O7. The monoisotopic (exact) mass is 410 g/mol. The Kier molecular flexibility index (Phi) is 5.54. The topological polar surface area (TPSA) is 172 Å². The molecule has 0 fully saturated rings. The second kappa shape index (κ2) is 8.22. The van der Waals surface area contributed by atoms with E-state index in [-0.39, 0.29) is 5.56 Å². The van der Waals surface area contributed by atoms with E-state index in [1.54, 1.807) is 4.98 Å². The second-order valence-electron chi connectivity index (χ2n) is 6.23. The molecule has 11 nitrogen and oxygen atoms in total. The number of aromatic amines is 2. The number of nitro groups is 2. The Morgan fingerprint density at radius 2 is 1.63 bits per heavy atom. The molecule has 152 valence electrons. The molecule has 0 spiro atoms. The van der Waals surface area contributed by atoms with Crippen molar-refractivity contribution < 1.29 is 15.0 Å². The van der Waals surface area contributed by atoms with Gasteiger partial charge in [0.25, 0.3) is 0 Å². The molecule has 1 heterocycles. The minimum atomic E-state index is -1.20. The van der Waals surface area contributed by atoms with Gasteiger partial charge in [-0.25, -0.2) is 4.79 Å². The van der Waals surface area contributed by atoms with Crippen molar-refractivity contribution in [1.82, 2.24) is 9.97 Å². The van der Waals surface area contributed by atoms with Gasteiger partial charge in [-0.05, 0) is 35.8 Å². The molecule has 0 amide bonds. The van der Waals surface area contributed by atoms with Crippen molar-refractivity contribution in [3.05, 3.63) is 106 Å². The lowest BCUT2D eigenvalue weighted by atomic mass is 10.0. The Balaban J connectivity index is 2.10. The molecule has 0 unspecified atom stereocenters. The third kappa shape index (κ3) is 4.30. The molecular weight excluding hydrogens is 396 g/mol. The summed E-state index contributed by atoms with van der Waals surface area (Å²) in [5.41, 5.74) is -2.64. The minimum Gasteiger partial charge on any atom is -0.502 e. The van der Waals surface area contributed by atoms with E-state index in [9.17, 15) is 34.9 Å². The number of phenolic OH excluding ortho intramolecular Hbond substituents is 1. The highest BCUT2D eigenvalue weighted by molar-refractivity contribution is 5.76. The molecule has 1 aromatic heterocycles. The highest BCUT2D eigenvalue weighted by atomic mass is 16.6. The number of aromatic hydroxyl groups is 1. The van der Waals surface area contributed by atoms with Gasteiger partial charge in [-0.2, -0.15) is 0 Å². The number of aromatic nitrogens is 2. The summed E-state index contributed by atoms with van der Waals surface area (Å²) in [6.45, 7) is 0. The van der Waals surface area contributed by atoms with Crippen LogP contribution in [0.1, 0.15) is 22.4 Å². The average Bonchev–Trinajstić information content (AvgIpc) is 2.67. The van der Waals surface area contributed by atoms with Crippen molar-refractivity contribution >= 4 is 23.5 Å². The van der Waals surface area contributed by atoms with Crippen LogP contribution in [0.25, 0.3) is 12.2 Å². The molecule has 0 saturated heterocycles. The van der Waals surface area contributed by atoms with Gasteiger partial charge in [0.1, 0.15) is 5.69 Å². The molecule has 0 saturated carbocycles. The Morgan fingerprint density at radius 1 is 0.933 bits per heavy atom. The van der Waals surface area contributed by atoms with Gasteiger partial charge < -0.3 is 10.1 Å². The molecule has 0 aliphatic carbocycles. The van der Waals surface area contributed by atoms with E-state index in [0.717, 1.165) is 17.7 Å². The molecule has 2 aromatic carbocycles. The fourth-order valence-electron chi connectivity index (χ4n) is 2.87. The van der Waals surface area contributed by atoms with Crippen molar-refractivity contribution in [3.8, 4) is 5.75 Å². The number of nitrogens with zero attached hydrogens (tertiary/aromatic N) is 2.